The molecule has 1 unspecified atom stereocenters. The molecule has 0 aliphatic carbocycles. The van der Waals surface area contributed by atoms with E-state index in [1.165, 1.54) is 0 Å². The van der Waals surface area contributed by atoms with Gasteiger partial charge in [0.25, 0.3) is 0 Å². The van der Waals surface area contributed by atoms with Gasteiger partial charge < -0.3 is 14.7 Å². The minimum absolute atomic E-state index is 0.0406. The van der Waals surface area contributed by atoms with Crippen LogP contribution in [0, 0.1) is 6.92 Å². The number of fused-ring (bicyclic) bond motifs is 1. The lowest BCUT2D eigenvalue weighted by Crippen LogP contribution is -2.34. The summed E-state index contributed by atoms with van der Waals surface area (Å²) in [5.74, 6) is 0.762. The van der Waals surface area contributed by atoms with E-state index in [1.807, 2.05) is 60.4 Å². The minimum atomic E-state index is -0.0945. The first-order valence-electron chi connectivity index (χ1n) is 8.21. The number of anilines is 1. The van der Waals surface area contributed by atoms with Gasteiger partial charge in [-0.3, -0.25) is 0 Å². The number of benzene rings is 2. The molecule has 0 saturated carbocycles. The van der Waals surface area contributed by atoms with E-state index < -0.39 is 0 Å². The van der Waals surface area contributed by atoms with Gasteiger partial charge in [-0.2, -0.15) is 0 Å². The Morgan fingerprint density at radius 1 is 1.25 bits per heavy atom. The highest BCUT2D eigenvalue weighted by Crippen LogP contribution is 2.33. The summed E-state index contributed by atoms with van der Waals surface area (Å²) in [6.45, 7) is 2.61. The van der Waals surface area contributed by atoms with E-state index in [0.29, 0.717) is 0 Å². The molecule has 1 fully saturated rings. The Balaban J connectivity index is 1.59. The molecule has 122 valence electrons. The smallest absolute Gasteiger partial charge is 0.322 e. The number of rotatable bonds is 2. The third-order valence-electron chi connectivity index (χ3n) is 4.52. The van der Waals surface area contributed by atoms with Crippen LogP contribution >= 0.6 is 0 Å². The lowest BCUT2D eigenvalue weighted by molar-refractivity contribution is 0.195. The fourth-order valence-electron chi connectivity index (χ4n) is 3.37. The number of hydrogen-bond acceptors (Lipinski definition) is 3. The first kappa shape index (κ1) is 14.8. The molecule has 2 aromatic carbocycles. The van der Waals surface area contributed by atoms with Gasteiger partial charge in [-0.15, -0.1) is 0 Å². The number of nitrogens with one attached hydrogen (secondary N) is 1. The summed E-state index contributed by atoms with van der Waals surface area (Å²) in [5, 5.41) is 9.16. The standard InChI is InChI=1S/C19H19N3O2/c1-13-12-18(24-21-13)17-10-5-11-22(17)19(23)20-16-9-4-7-14-6-2-3-8-15(14)16/h2-4,6-9,12,17H,5,10-11H2,1H3,(H,20,23). The van der Waals surface area contributed by atoms with Crippen molar-refractivity contribution in [3.05, 3.63) is 60.0 Å². The molecule has 2 heterocycles. The number of urea groups is 1. The molecule has 1 aliphatic rings. The van der Waals surface area contributed by atoms with Crippen molar-refractivity contribution >= 4 is 22.5 Å². The maximum atomic E-state index is 12.8. The predicted octanol–water partition coefficient (Wildman–Crippen LogP) is 4.51. The van der Waals surface area contributed by atoms with Gasteiger partial charge in [0.15, 0.2) is 5.76 Å². The van der Waals surface area contributed by atoms with Crippen molar-refractivity contribution in [3.8, 4) is 0 Å². The average Bonchev–Trinajstić information content (AvgIpc) is 3.24. The van der Waals surface area contributed by atoms with Crippen LogP contribution in [0.5, 0.6) is 0 Å². The highest BCUT2D eigenvalue weighted by Gasteiger charge is 2.32. The number of amides is 2. The van der Waals surface area contributed by atoms with Crippen molar-refractivity contribution in [1.82, 2.24) is 10.1 Å². The Morgan fingerprint density at radius 2 is 2.08 bits per heavy atom. The van der Waals surface area contributed by atoms with Gasteiger partial charge in [-0.1, -0.05) is 41.6 Å². The molecular weight excluding hydrogens is 302 g/mol. The summed E-state index contributed by atoms with van der Waals surface area (Å²) in [6, 6.07) is 15.7. The van der Waals surface area contributed by atoms with Gasteiger partial charge >= 0.3 is 6.03 Å². The van der Waals surface area contributed by atoms with Crippen LogP contribution in [0.15, 0.2) is 53.1 Å². The number of aromatic nitrogens is 1. The highest BCUT2D eigenvalue weighted by molar-refractivity contribution is 6.01. The van der Waals surface area contributed by atoms with E-state index in [-0.39, 0.29) is 12.1 Å². The van der Waals surface area contributed by atoms with Crippen LogP contribution in [0.2, 0.25) is 0 Å². The van der Waals surface area contributed by atoms with E-state index in [9.17, 15) is 4.79 Å². The van der Waals surface area contributed by atoms with Crippen LogP contribution in [0.25, 0.3) is 10.8 Å². The fraction of sp³-hybridized carbons (Fsp3) is 0.263. The number of hydrogen-bond donors (Lipinski definition) is 1. The van der Waals surface area contributed by atoms with Crippen LogP contribution in [-0.2, 0) is 0 Å². The Morgan fingerprint density at radius 3 is 2.92 bits per heavy atom. The molecular formula is C19H19N3O2. The quantitative estimate of drug-likeness (QED) is 0.755. The minimum Gasteiger partial charge on any atom is -0.359 e. The van der Waals surface area contributed by atoms with E-state index in [4.69, 9.17) is 4.52 Å². The third-order valence-corrected chi connectivity index (χ3v) is 4.52. The number of nitrogens with zero attached hydrogens (tertiary/aromatic N) is 2. The zero-order valence-corrected chi connectivity index (χ0v) is 13.5. The summed E-state index contributed by atoms with van der Waals surface area (Å²) in [4.78, 5) is 14.6. The van der Waals surface area contributed by atoms with Crippen molar-refractivity contribution in [3.63, 3.8) is 0 Å². The zero-order chi connectivity index (χ0) is 16.5. The van der Waals surface area contributed by atoms with Gasteiger partial charge in [0.05, 0.1) is 17.4 Å². The number of carbonyl (C=O) groups excluding carboxylic acids is 1. The molecule has 0 radical (unpaired) electrons. The van der Waals surface area contributed by atoms with Gasteiger partial charge in [-0.05, 0) is 31.2 Å². The molecule has 4 rings (SSSR count). The van der Waals surface area contributed by atoms with E-state index in [1.54, 1.807) is 0 Å². The second-order valence-electron chi connectivity index (χ2n) is 6.18. The Hall–Kier alpha value is -2.82. The first-order chi connectivity index (χ1) is 11.7. The molecule has 2 amide bonds. The van der Waals surface area contributed by atoms with Gasteiger partial charge in [-0.25, -0.2) is 4.79 Å². The molecule has 1 aromatic heterocycles. The fourth-order valence-corrected chi connectivity index (χ4v) is 3.37. The molecule has 3 aromatic rings. The summed E-state index contributed by atoms with van der Waals surface area (Å²) in [6.07, 6.45) is 1.87. The zero-order valence-electron chi connectivity index (χ0n) is 13.5. The monoisotopic (exact) mass is 321 g/mol. The van der Waals surface area contributed by atoms with E-state index in [0.717, 1.165) is 47.3 Å². The normalized spacial score (nSPS) is 17.4. The Bertz CT molecular complexity index is 882. The second-order valence-corrected chi connectivity index (χ2v) is 6.18. The molecule has 5 heteroatoms. The van der Waals surface area contributed by atoms with Crippen LogP contribution in [0.4, 0.5) is 10.5 Å². The molecule has 0 bridgehead atoms. The largest absolute Gasteiger partial charge is 0.359 e. The summed E-state index contributed by atoms with van der Waals surface area (Å²) in [5.41, 5.74) is 1.67. The molecule has 1 aliphatic heterocycles. The first-order valence-corrected chi connectivity index (χ1v) is 8.21. The van der Waals surface area contributed by atoms with E-state index in [2.05, 4.69) is 10.5 Å². The third kappa shape index (κ3) is 2.62. The molecule has 1 N–H and O–H groups in total. The summed E-state index contributed by atoms with van der Waals surface area (Å²) in [7, 11) is 0. The molecule has 1 atom stereocenters. The van der Waals surface area contributed by atoms with Crippen molar-refractivity contribution in [1.29, 1.82) is 0 Å². The number of carbonyl (C=O) groups is 1. The number of likely N-dealkylation sites (tertiary alicyclic amines) is 1. The van der Waals surface area contributed by atoms with Gasteiger partial charge in [0.2, 0.25) is 0 Å². The lowest BCUT2D eigenvalue weighted by atomic mass is 10.1. The van der Waals surface area contributed by atoms with Crippen molar-refractivity contribution in [2.24, 2.45) is 0 Å². The van der Waals surface area contributed by atoms with Crippen molar-refractivity contribution < 1.29 is 9.32 Å². The van der Waals surface area contributed by atoms with Crippen LogP contribution in [0.3, 0.4) is 0 Å². The van der Waals surface area contributed by atoms with Crippen molar-refractivity contribution in [2.45, 2.75) is 25.8 Å². The maximum absolute atomic E-state index is 12.8. The molecule has 24 heavy (non-hydrogen) atoms. The topological polar surface area (TPSA) is 58.4 Å². The van der Waals surface area contributed by atoms with Gasteiger partial charge in [0, 0.05) is 18.0 Å². The van der Waals surface area contributed by atoms with Gasteiger partial charge in [0.1, 0.15) is 0 Å². The molecule has 0 spiro atoms. The average molecular weight is 321 g/mol. The van der Waals surface area contributed by atoms with Crippen LogP contribution < -0.4 is 5.32 Å². The molecule has 1 saturated heterocycles. The second kappa shape index (κ2) is 6.00. The molecule has 5 nitrogen and oxygen atoms in total. The Kier molecular flexibility index (Phi) is 3.69. The summed E-state index contributed by atoms with van der Waals surface area (Å²) < 4.78 is 5.38. The number of aryl methyl sites for hydroxylation is 1. The summed E-state index contributed by atoms with van der Waals surface area (Å²) >= 11 is 0. The van der Waals surface area contributed by atoms with Crippen LogP contribution in [0.1, 0.15) is 30.3 Å². The SMILES string of the molecule is Cc1cc(C2CCCN2C(=O)Nc2cccc3ccccc23)on1. The lowest BCUT2D eigenvalue weighted by Gasteiger charge is -2.23. The van der Waals surface area contributed by atoms with Crippen LogP contribution in [-0.4, -0.2) is 22.6 Å². The maximum Gasteiger partial charge on any atom is 0.322 e. The predicted molar refractivity (Wildman–Crippen MR) is 92.9 cm³/mol. The van der Waals surface area contributed by atoms with Crippen molar-refractivity contribution in [2.75, 3.05) is 11.9 Å². The highest BCUT2D eigenvalue weighted by atomic mass is 16.5. The van der Waals surface area contributed by atoms with E-state index >= 15 is 0 Å². The Labute approximate surface area is 140 Å².